The lowest BCUT2D eigenvalue weighted by atomic mass is 10.3. The zero-order valence-electron chi connectivity index (χ0n) is 9.90. The normalized spacial score (nSPS) is 11.3. The Balaban J connectivity index is 2.40. The first-order valence-electron chi connectivity index (χ1n) is 5.32. The lowest BCUT2D eigenvalue weighted by Gasteiger charge is -2.10. The van der Waals surface area contributed by atoms with Crippen molar-refractivity contribution in [3.05, 3.63) is 51.6 Å². The highest BCUT2D eigenvalue weighted by Crippen LogP contribution is 2.24. The monoisotopic (exact) mass is 410 g/mol. The maximum absolute atomic E-state index is 13.2. The molecule has 2 aromatic carbocycles. The predicted molar refractivity (Wildman–Crippen MR) is 80.7 cm³/mol. The van der Waals surface area contributed by atoms with Gasteiger partial charge in [-0.15, -0.1) is 0 Å². The maximum atomic E-state index is 13.2. The fourth-order valence-electron chi connectivity index (χ4n) is 1.52. The maximum Gasteiger partial charge on any atom is 0.262 e. The molecule has 0 aromatic heterocycles. The van der Waals surface area contributed by atoms with Gasteiger partial charge < -0.3 is 5.73 Å². The highest BCUT2D eigenvalue weighted by Gasteiger charge is 2.17. The Morgan fingerprint density at radius 3 is 2.35 bits per heavy atom. The van der Waals surface area contributed by atoms with Crippen LogP contribution in [0, 0.1) is 15.2 Å². The second-order valence-corrected chi connectivity index (χ2v) is 6.79. The fraction of sp³-hybridized carbons (Fsp3) is 0. The molecule has 106 valence electrons. The number of benzene rings is 2. The van der Waals surface area contributed by atoms with Crippen LogP contribution in [0.15, 0.2) is 41.3 Å². The van der Waals surface area contributed by atoms with Crippen LogP contribution in [0.3, 0.4) is 0 Å². The van der Waals surface area contributed by atoms with Gasteiger partial charge in [-0.05, 0) is 59.0 Å². The number of hydrogen-bond acceptors (Lipinski definition) is 3. The molecule has 3 N–H and O–H groups in total. The first-order valence-corrected chi connectivity index (χ1v) is 7.88. The summed E-state index contributed by atoms with van der Waals surface area (Å²) in [5.74, 6) is -1.23. The van der Waals surface area contributed by atoms with E-state index >= 15 is 0 Å². The number of hydrogen-bond donors (Lipinski definition) is 2. The van der Waals surface area contributed by atoms with Crippen molar-refractivity contribution in [2.24, 2.45) is 0 Å². The van der Waals surface area contributed by atoms with Gasteiger partial charge in [0.15, 0.2) is 0 Å². The summed E-state index contributed by atoms with van der Waals surface area (Å²) in [7, 11) is -3.99. The molecule has 2 aromatic rings. The molecular weight excluding hydrogens is 401 g/mol. The highest BCUT2D eigenvalue weighted by atomic mass is 127. The van der Waals surface area contributed by atoms with E-state index < -0.39 is 21.7 Å². The SMILES string of the molecule is Nc1cc(F)cc(S(=O)(=O)Nc2ccc(F)cc2I)c1. The first kappa shape index (κ1) is 15.0. The Morgan fingerprint density at radius 2 is 1.75 bits per heavy atom. The van der Waals surface area contributed by atoms with Gasteiger partial charge in [-0.1, -0.05) is 0 Å². The van der Waals surface area contributed by atoms with Gasteiger partial charge >= 0.3 is 0 Å². The molecule has 0 saturated heterocycles. The molecule has 0 aliphatic heterocycles. The van der Waals surface area contributed by atoms with Crippen molar-refractivity contribution in [1.29, 1.82) is 0 Å². The van der Waals surface area contributed by atoms with E-state index in [1.165, 1.54) is 12.1 Å². The number of halogens is 3. The van der Waals surface area contributed by atoms with Gasteiger partial charge in [0.05, 0.1) is 10.6 Å². The summed E-state index contributed by atoms with van der Waals surface area (Å²) in [4.78, 5) is -0.296. The van der Waals surface area contributed by atoms with Crippen molar-refractivity contribution >= 4 is 44.0 Å². The van der Waals surface area contributed by atoms with Gasteiger partial charge in [0.25, 0.3) is 10.0 Å². The predicted octanol–water partition coefficient (Wildman–Crippen LogP) is 2.95. The van der Waals surface area contributed by atoms with Crippen LogP contribution in [-0.4, -0.2) is 8.42 Å². The van der Waals surface area contributed by atoms with Crippen LogP contribution in [-0.2, 0) is 10.0 Å². The number of anilines is 2. The van der Waals surface area contributed by atoms with Crippen molar-refractivity contribution < 1.29 is 17.2 Å². The molecule has 0 heterocycles. The smallest absolute Gasteiger partial charge is 0.262 e. The van der Waals surface area contributed by atoms with E-state index in [1.54, 1.807) is 22.6 Å². The van der Waals surface area contributed by atoms with E-state index in [-0.39, 0.29) is 16.3 Å². The van der Waals surface area contributed by atoms with Crippen molar-refractivity contribution in [3.63, 3.8) is 0 Å². The summed E-state index contributed by atoms with van der Waals surface area (Å²) in [5, 5.41) is 0. The second-order valence-electron chi connectivity index (χ2n) is 3.95. The van der Waals surface area contributed by atoms with E-state index in [4.69, 9.17) is 5.73 Å². The third-order valence-corrected chi connectivity index (χ3v) is 4.62. The van der Waals surface area contributed by atoms with E-state index in [0.717, 1.165) is 24.3 Å². The molecule has 0 radical (unpaired) electrons. The third-order valence-electron chi connectivity index (χ3n) is 2.38. The number of sulfonamides is 1. The van der Waals surface area contributed by atoms with Crippen molar-refractivity contribution in [1.82, 2.24) is 0 Å². The summed E-state index contributed by atoms with van der Waals surface area (Å²) in [6.45, 7) is 0. The summed E-state index contributed by atoms with van der Waals surface area (Å²) in [5.41, 5.74) is 5.62. The Morgan fingerprint density at radius 1 is 1.05 bits per heavy atom. The summed E-state index contributed by atoms with van der Waals surface area (Å²) >= 11 is 1.79. The van der Waals surface area contributed by atoms with Crippen molar-refractivity contribution in [2.45, 2.75) is 4.90 Å². The molecule has 4 nitrogen and oxygen atoms in total. The number of nitrogens with one attached hydrogen (secondary N) is 1. The van der Waals surface area contributed by atoms with Gasteiger partial charge in [-0.2, -0.15) is 0 Å². The van der Waals surface area contributed by atoms with Crippen molar-refractivity contribution in [2.75, 3.05) is 10.5 Å². The number of rotatable bonds is 3. The van der Waals surface area contributed by atoms with Gasteiger partial charge in [0, 0.05) is 9.26 Å². The molecule has 0 fully saturated rings. The summed E-state index contributed by atoms with van der Waals surface area (Å²) in [6.07, 6.45) is 0. The number of nitrogen functional groups attached to an aromatic ring is 1. The van der Waals surface area contributed by atoms with Gasteiger partial charge in [-0.25, -0.2) is 17.2 Å². The molecule has 0 bridgehead atoms. The largest absolute Gasteiger partial charge is 0.399 e. The van der Waals surface area contributed by atoms with Crippen LogP contribution in [0.1, 0.15) is 0 Å². The van der Waals surface area contributed by atoms with E-state index in [9.17, 15) is 17.2 Å². The molecule has 0 saturated carbocycles. The topological polar surface area (TPSA) is 72.2 Å². The molecule has 0 atom stereocenters. The molecule has 0 aliphatic carbocycles. The second kappa shape index (κ2) is 5.52. The molecule has 0 aliphatic rings. The minimum absolute atomic E-state index is 0.000761. The lowest BCUT2D eigenvalue weighted by molar-refractivity contribution is 0.595. The Kier molecular flexibility index (Phi) is 4.14. The fourth-order valence-corrected chi connectivity index (χ4v) is 3.45. The molecule has 0 amide bonds. The molecular formula is C12H9F2IN2O2S. The average molecular weight is 410 g/mol. The zero-order chi connectivity index (χ0) is 14.9. The minimum atomic E-state index is -3.99. The molecule has 0 unspecified atom stereocenters. The molecule has 20 heavy (non-hydrogen) atoms. The lowest BCUT2D eigenvalue weighted by Crippen LogP contribution is -2.14. The quantitative estimate of drug-likeness (QED) is 0.604. The van der Waals surface area contributed by atoms with Gasteiger partial charge in [0.2, 0.25) is 0 Å². The Bertz CT molecular complexity index is 746. The summed E-state index contributed by atoms with van der Waals surface area (Å²) < 4.78 is 53.0. The van der Waals surface area contributed by atoms with Crippen LogP contribution >= 0.6 is 22.6 Å². The van der Waals surface area contributed by atoms with E-state index in [0.29, 0.717) is 3.57 Å². The van der Waals surface area contributed by atoms with Crippen LogP contribution in [0.5, 0.6) is 0 Å². The summed E-state index contributed by atoms with van der Waals surface area (Å²) in [6, 6.07) is 6.60. The average Bonchev–Trinajstić information content (AvgIpc) is 2.31. The minimum Gasteiger partial charge on any atom is -0.399 e. The van der Waals surface area contributed by atoms with Gasteiger partial charge in [0.1, 0.15) is 11.6 Å². The van der Waals surface area contributed by atoms with Crippen LogP contribution in [0.4, 0.5) is 20.2 Å². The van der Waals surface area contributed by atoms with E-state index in [2.05, 4.69) is 4.72 Å². The zero-order valence-corrected chi connectivity index (χ0v) is 12.9. The van der Waals surface area contributed by atoms with Crippen molar-refractivity contribution in [3.8, 4) is 0 Å². The Labute approximate surface area is 128 Å². The van der Waals surface area contributed by atoms with Crippen LogP contribution < -0.4 is 10.5 Å². The van der Waals surface area contributed by atoms with E-state index in [1.807, 2.05) is 0 Å². The first-order chi connectivity index (χ1) is 9.28. The van der Waals surface area contributed by atoms with Crippen LogP contribution in [0.2, 0.25) is 0 Å². The van der Waals surface area contributed by atoms with Crippen LogP contribution in [0.25, 0.3) is 0 Å². The molecule has 2 rings (SSSR count). The Hall–Kier alpha value is -1.42. The highest BCUT2D eigenvalue weighted by molar-refractivity contribution is 14.1. The molecule has 0 spiro atoms. The standard InChI is InChI=1S/C12H9F2IN2O2S/c13-7-1-2-12(11(15)5-7)17-20(18,19)10-4-8(14)3-9(16)6-10/h1-6,17H,16H2. The van der Waals surface area contributed by atoms with Gasteiger partial charge in [-0.3, -0.25) is 4.72 Å². The number of nitrogens with two attached hydrogens (primary N) is 1. The molecule has 8 heteroatoms. The third kappa shape index (κ3) is 3.37.